The molecule has 0 aliphatic carbocycles. The topological polar surface area (TPSA) is 58.5 Å². The zero-order valence-corrected chi connectivity index (χ0v) is 7.36. The summed E-state index contributed by atoms with van der Waals surface area (Å²) in [6.45, 7) is 0.742. The maximum Gasteiger partial charge on any atom is 0.0922 e. The second kappa shape index (κ2) is 3.30. The molecule has 0 fully saturated rings. The minimum atomic E-state index is 0.742. The molecule has 0 radical (unpaired) electrons. The summed E-state index contributed by atoms with van der Waals surface area (Å²) in [5.41, 5.74) is 2.07. The van der Waals surface area contributed by atoms with Gasteiger partial charge in [-0.05, 0) is 0 Å². The van der Waals surface area contributed by atoms with Gasteiger partial charge >= 0.3 is 0 Å². The van der Waals surface area contributed by atoms with E-state index in [1.165, 1.54) is 0 Å². The molecule has 2 N–H and O–H groups in total. The van der Waals surface area contributed by atoms with Crippen molar-refractivity contribution in [3.63, 3.8) is 0 Å². The van der Waals surface area contributed by atoms with Crippen molar-refractivity contribution in [1.82, 2.24) is 19.7 Å². The molecule has 0 bridgehead atoms. The maximum absolute atomic E-state index is 4.04. The highest BCUT2D eigenvalue weighted by molar-refractivity contribution is 5.38. The Morgan fingerprint density at radius 2 is 2.46 bits per heavy atom. The van der Waals surface area contributed by atoms with Crippen LogP contribution in [0.15, 0.2) is 24.9 Å². The average molecular weight is 177 g/mol. The molecular weight excluding hydrogens is 166 g/mol. The first-order chi connectivity index (χ1) is 6.34. The number of aromatic amines is 1. The molecular formula is C8H11N5. The SMILES string of the molecule is Cn1cc(NCc2cnc[nH]2)cn1. The predicted octanol–water partition coefficient (Wildman–Crippen LogP) is 0.755. The lowest BCUT2D eigenvalue weighted by molar-refractivity contribution is 0.768. The minimum absolute atomic E-state index is 0.742. The Morgan fingerprint density at radius 3 is 3.08 bits per heavy atom. The van der Waals surface area contributed by atoms with Crippen LogP contribution in [0.5, 0.6) is 0 Å². The van der Waals surface area contributed by atoms with E-state index in [1.54, 1.807) is 23.4 Å². The van der Waals surface area contributed by atoms with Crippen LogP contribution >= 0.6 is 0 Å². The lowest BCUT2D eigenvalue weighted by atomic mass is 10.4. The van der Waals surface area contributed by atoms with E-state index in [4.69, 9.17) is 0 Å². The van der Waals surface area contributed by atoms with Crippen molar-refractivity contribution in [3.05, 3.63) is 30.6 Å². The molecule has 2 heterocycles. The van der Waals surface area contributed by atoms with Crippen molar-refractivity contribution in [2.24, 2.45) is 7.05 Å². The number of hydrogen-bond acceptors (Lipinski definition) is 3. The lowest BCUT2D eigenvalue weighted by Gasteiger charge is -1.99. The van der Waals surface area contributed by atoms with E-state index in [1.807, 2.05) is 13.2 Å². The van der Waals surface area contributed by atoms with E-state index in [-0.39, 0.29) is 0 Å². The van der Waals surface area contributed by atoms with Gasteiger partial charge in [0.1, 0.15) is 0 Å². The molecule has 0 aliphatic heterocycles. The van der Waals surface area contributed by atoms with E-state index in [9.17, 15) is 0 Å². The first kappa shape index (κ1) is 7.85. The zero-order valence-electron chi connectivity index (χ0n) is 7.36. The van der Waals surface area contributed by atoms with Crippen LogP contribution in [0.2, 0.25) is 0 Å². The van der Waals surface area contributed by atoms with Crippen LogP contribution in [0, 0.1) is 0 Å². The molecule has 0 amide bonds. The molecule has 0 atom stereocenters. The molecule has 0 aromatic carbocycles. The fraction of sp³-hybridized carbons (Fsp3) is 0.250. The summed E-state index contributed by atoms with van der Waals surface area (Å²) in [5.74, 6) is 0. The van der Waals surface area contributed by atoms with E-state index in [0.717, 1.165) is 17.9 Å². The van der Waals surface area contributed by atoms with E-state index in [2.05, 4.69) is 20.4 Å². The summed E-state index contributed by atoms with van der Waals surface area (Å²) in [5, 5.41) is 7.26. The third kappa shape index (κ3) is 1.87. The lowest BCUT2D eigenvalue weighted by Crippen LogP contribution is -1.98. The van der Waals surface area contributed by atoms with Gasteiger partial charge in [-0.1, -0.05) is 0 Å². The van der Waals surface area contributed by atoms with Crippen LogP contribution in [-0.2, 0) is 13.6 Å². The number of rotatable bonds is 3. The van der Waals surface area contributed by atoms with Gasteiger partial charge in [-0.25, -0.2) is 4.98 Å². The monoisotopic (exact) mass is 177 g/mol. The number of anilines is 1. The first-order valence-corrected chi connectivity index (χ1v) is 4.04. The Hall–Kier alpha value is -1.78. The van der Waals surface area contributed by atoms with Crippen LogP contribution in [-0.4, -0.2) is 19.7 Å². The van der Waals surface area contributed by atoms with Crippen LogP contribution in [0.1, 0.15) is 5.69 Å². The molecule has 5 heteroatoms. The van der Waals surface area contributed by atoms with Crippen LogP contribution in [0.25, 0.3) is 0 Å². The predicted molar refractivity (Wildman–Crippen MR) is 49.1 cm³/mol. The summed E-state index contributed by atoms with van der Waals surface area (Å²) >= 11 is 0. The number of H-pyrrole nitrogens is 1. The van der Waals surface area contributed by atoms with Gasteiger partial charge in [-0.2, -0.15) is 5.10 Å². The molecule has 0 saturated carbocycles. The zero-order chi connectivity index (χ0) is 9.10. The summed E-state index contributed by atoms with van der Waals surface area (Å²) in [6.07, 6.45) is 7.18. The van der Waals surface area contributed by atoms with Crippen molar-refractivity contribution in [2.75, 3.05) is 5.32 Å². The second-order valence-corrected chi connectivity index (χ2v) is 2.83. The largest absolute Gasteiger partial charge is 0.377 e. The Labute approximate surface area is 75.8 Å². The molecule has 0 unspecified atom stereocenters. The van der Waals surface area contributed by atoms with E-state index >= 15 is 0 Å². The number of aromatic nitrogens is 4. The summed E-state index contributed by atoms with van der Waals surface area (Å²) < 4.78 is 1.76. The molecule has 5 nitrogen and oxygen atoms in total. The number of aryl methyl sites for hydroxylation is 1. The van der Waals surface area contributed by atoms with Gasteiger partial charge in [0, 0.05) is 19.4 Å². The van der Waals surface area contributed by atoms with Crippen molar-refractivity contribution in [2.45, 2.75) is 6.54 Å². The van der Waals surface area contributed by atoms with Gasteiger partial charge < -0.3 is 10.3 Å². The highest BCUT2D eigenvalue weighted by atomic mass is 15.3. The molecule has 0 saturated heterocycles. The Bertz CT molecular complexity index is 362. The smallest absolute Gasteiger partial charge is 0.0922 e. The molecule has 13 heavy (non-hydrogen) atoms. The summed E-state index contributed by atoms with van der Waals surface area (Å²) in [6, 6.07) is 0. The first-order valence-electron chi connectivity index (χ1n) is 4.04. The highest BCUT2D eigenvalue weighted by Gasteiger charge is 1.95. The molecule has 68 valence electrons. The molecule has 2 rings (SSSR count). The van der Waals surface area contributed by atoms with Gasteiger partial charge in [0.25, 0.3) is 0 Å². The van der Waals surface area contributed by atoms with Crippen LogP contribution in [0.3, 0.4) is 0 Å². The average Bonchev–Trinajstić information content (AvgIpc) is 2.71. The van der Waals surface area contributed by atoms with Gasteiger partial charge in [0.15, 0.2) is 0 Å². The van der Waals surface area contributed by atoms with Crippen molar-refractivity contribution < 1.29 is 0 Å². The summed E-state index contributed by atoms with van der Waals surface area (Å²) in [7, 11) is 1.89. The van der Waals surface area contributed by atoms with Crippen molar-refractivity contribution >= 4 is 5.69 Å². The Morgan fingerprint density at radius 1 is 1.54 bits per heavy atom. The quantitative estimate of drug-likeness (QED) is 0.727. The van der Waals surface area contributed by atoms with Crippen LogP contribution in [0.4, 0.5) is 5.69 Å². The van der Waals surface area contributed by atoms with Gasteiger partial charge in [-0.3, -0.25) is 4.68 Å². The number of nitrogens with zero attached hydrogens (tertiary/aromatic N) is 3. The minimum Gasteiger partial charge on any atom is -0.377 e. The van der Waals surface area contributed by atoms with Crippen LogP contribution < -0.4 is 5.32 Å². The van der Waals surface area contributed by atoms with Gasteiger partial charge in [0.05, 0.1) is 30.5 Å². The van der Waals surface area contributed by atoms with Gasteiger partial charge in [-0.15, -0.1) is 0 Å². The standard InChI is InChI=1S/C8H11N5/c1-13-5-8(4-12-13)10-3-7-2-9-6-11-7/h2,4-6,10H,3H2,1H3,(H,9,11). The molecule has 0 spiro atoms. The fourth-order valence-electron chi connectivity index (χ4n) is 1.09. The number of nitrogens with one attached hydrogen (secondary N) is 2. The Kier molecular flexibility index (Phi) is 1.99. The number of hydrogen-bond donors (Lipinski definition) is 2. The number of imidazole rings is 1. The Balaban J connectivity index is 1.93. The van der Waals surface area contributed by atoms with Crippen molar-refractivity contribution in [1.29, 1.82) is 0 Å². The van der Waals surface area contributed by atoms with E-state index < -0.39 is 0 Å². The molecule has 2 aromatic heterocycles. The summed E-state index contributed by atoms with van der Waals surface area (Å²) in [4.78, 5) is 6.94. The fourth-order valence-corrected chi connectivity index (χ4v) is 1.09. The normalized spacial score (nSPS) is 10.2. The van der Waals surface area contributed by atoms with E-state index in [0.29, 0.717) is 0 Å². The van der Waals surface area contributed by atoms with Gasteiger partial charge in [0.2, 0.25) is 0 Å². The molecule has 0 aliphatic rings. The third-order valence-electron chi connectivity index (χ3n) is 1.74. The van der Waals surface area contributed by atoms with Crippen molar-refractivity contribution in [3.8, 4) is 0 Å². The highest BCUT2D eigenvalue weighted by Crippen LogP contribution is 2.04. The third-order valence-corrected chi connectivity index (χ3v) is 1.74. The molecule has 2 aromatic rings. The maximum atomic E-state index is 4.04. The second-order valence-electron chi connectivity index (χ2n) is 2.83.